The molecule has 16 nitrogen and oxygen atoms in total. The number of hydrogen-bond donors (Lipinski definition) is 3. The van der Waals surface area contributed by atoms with Gasteiger partial charge in [0.1, 0.15) is 30.4 Å². The highest BCUT2D eigenvalue weighted by atomic mass is 16.7. The molecular formula is C23H35N3O13. The molecule has 1 rings (SSSR count). The molecule has 0 saturated carbocycles. The molecule has 220 valence electrons. The summed E-state index contributed by atoms with van der Waals surface area (Å²) in [5, 5.41) is 4.86. The van der Waals surface area contributed by atoms with Gasteiger partial charge in [0.15, 0.2) is 18.4 Å². The molecule has 39 heavy (non-hydrogen) atoms. The number of amides is 2. The van der Waals surface area contributed by atoms with E-state index in [0.29, 0.717) is 0 Å². The van der Waals surface area contributed by atoms with Crippen LogP contribution in [0, 0.1) is 0 Å². The monoisotopic (exact) mass is 561 g/mol. The Bertz CT molecular complexity index is 961. The van der Waals surface area contributed by atoms with E-state index in [1.807, 2.05) is 0 Å². The third kappa shape index (κ3) is 12.1. The zero-order valence-electron chi connectivity index (χ0n) is 22.8. The van der Waals surface area contributed by atoms with Crippen LogP contribution in [0.15, 0.2) is 0 Å². The molecule has 0 aromatic heterocycles. The smallest absolute Gasteiger partial charge is 0.463 e. The van der Waals surface area contributed by atoms with Crippen molar-refractivity contribution in [3.05, 3.63) is 0 Å². The second-order valence-corrected chi connectivity index (χ2v) is 9.54. The van der Waals surface area contributed by atoms with Crippen LogP contribution in [0.4, 0.5) is 4.79 Å². The predicted molar refractivity (Wildman–Crippen MR) is 127 cm³/mol. The Hall–Kier alpha value is -3.79. The van der Waals surface area contributed by atoms with E-state index in [9.17, 15) is 33.6 Å². The Morgan fingerprint density at radius 2 is 1.44 bits per heavy atom. The van der Waals surface area contributed by atoms with Crippen LogP contribution in [0.1, 0.15) is 54.9 Å². The molecule has 1 heterocycles. The third-order valence-electron chi connectivity index (χ3n) is 4.70. The first-order chi connectivity index (χ1) is 17.9. The van der Waals surface area contributed by atoms with Gasteiger partial charge in [0.25, 0.3) is 0 Å². The number of nitrogens with one attached hydrogen (secondary N) is 2. The fourth-order valence-corrected chi connectivity index (χ4v) is 3.38. The Balaban J connectivity index is 3.16. The van der Waals surface area contributed by atoms with Crippen molar-refractivity contribution in [2.75, 3.05) is 6.61 Å². The molecule has 16 heteroatoms. The molecule has 0 radical (unpaired) electrons. The van der Waals surface area contributed by atoms with Crippen molar-refractivity contribution in [3.63, 3.8) is 0 Å². The number of hydrogen-bond acceptors (Lipinski definition) is 14. The van der Waals surface area contributed by atoms with Crippen LogP contribution < -0.4 is 16.4 Å². The van der Waals surface area contributed by atoms with Gasteiger partial charge in [-0.25, -0.2) is 9.59 Å². The minimum absolute atomic E-state index is 0.480. The van der Waals surface area contributed by atoms with Crippen LogP contribution in [0.2, 0.25) is 0 Å². The lowest BCUT2D eigenvalue weighted by Crippen LogP contribution is -2.69. The van der Waals surface area contributed by atoms with E-state index in [0.717, 1.165) is 27.7 Å². The Morgan fingerprint density at radius 3 is 1.92 bits per heavy atom. The number of ether oxygens (including phenoxy) is 6. The van der Waals surface area contributed by atoms with E-state index in [2.05, 4.69) is 15.4 Å². The van der Waals surface area contributed by atoms with Crippen molar-refractivity contribution >= 4 is 41.8 Å². The second-order valence-electron chi connectivity index (χ2n) is 9.54. The van der Waals surface area contributed by atoms with Gasteiger partial charge in [0.2, 0.25) is 11.8 Å². The first-order valence-corrected chi connectivity index (χ1v) is 11.8. The van der Waals surface area contributed by atoms with E-state index < -0.39 is 97.1 Å². The summed E-state index contributed by atoms with van der Waals surface area (Å²) in [4.78, 5) is 83.6. The maximum atomic E-state index is 12.7. The molecule has 1 aliphatic rings. The zero-order valence-corrected chi connectivity index (χ0v) is 22.8. The molecule has 0 aromatic rings. The van der Waals surface area contributed by atoms with Gasteiger partial charge in [-0.1, -0.05) is 0 Å². The van der Waals surface area contributed by atoms with Gasteiger partial charge >= 0.3 is 30.0 Å². The zero-order chi connectivity index (χ0) is 30.1. The van der Waals surface area contributed by atoms with Crippen LogP contribution in [0.5, 0.6) is 0 Å². The first kappa shape index (κ1) is 33.2. The number of esters is 4. The Kier molecular flexibility index (Phi) is 12.3. The van der Waals surface area contributed by atoms with E-state index in [1.165, 1.54) is 0 Å². The SMILES string of the molecule is CC(=O)N[C@@H]1[C@@H](OC(C)=O)[C@H](OC(C)=O)[C@@H](COC(C)=O)O[C@H]1NC(=O)C[C@H](N)C(=O)OC(=O)OC(C)(C)C. The predicted octanol–water partition coefficient (Wildman–Crippen LogP) is -1.05. The van der Waals surface area contributed by atoms with E-state index in [-0.39, 0.29) is 0 Å². The number of nitrogens with two attached hydrogens (primary N) is 1. The fourth-order valence-electron chi connectivity index (χ4n) is 3.38. The van der Waals surface area contributed by atoms with E-state index in [1.54, 1.807) is 20.8 Å². The fraction of sp³-hybridized carbons (Fsp3) is 0.696. The summed E-state index contributed by atoms with van der Waals surface area (Å²) in [7, 11) is 0. The van der Waals surface area contributed by atoms with E-state index in [4.69, 9.17) is 29.4 Å². The molecule has 4 N–H and O–H groups in total. The highest BCUT2D eigenvalue weighted by molar-refractivity contribution is 5.90. The molecule has 0 unspecified atom stereocenters. The van der Waals surface area contributed by atoms with Gasteiger partial charge in [0, 0.05) is 27.7 Å². The van der Waals surface area contributed by atoms with Crippen LogP contribution in [0.25, 0.3) is 0 Å². The van der Waals surface area contributed by atoms with Crippen LogP contribution in [-0.2, 0) is 57.2 Å². The second kappa shape index (κ2) is 14.4. The minimum atomic E-state index is -1.60. The van der Waals surface area contributed by atoms with Crippen molar-refractivity contribution < 1.29 is 62.0 Å². The topological polar surface area (TPSA) is 225 Å². The molecular weight excluding hydrogens is 526 g/mol. The van der Waals surface area contributed by atoms with Crippen molar-refractivity contribution in [2.45, 2.75) is 97.1 Å². The largest absolute Gasteiger partial charge is 0.516 e. The number of carbonyl (C=O) groups is 7. The van der Waals surface area contributed by atoms with Crippen LogP contribution >= 0.6 is 0 Å². The average Bonchev–Trinajstić information content (AvgIpc) is 2.74. The van der Waals surface area contributed by atoms with Crippen molar-refractivity contribution in [1.29, 1.82) is 0 Å². The third-order valence-corrected chi connectivity index (χ3v) is 4.70. The normalized spacial score (nSPS) is 23.3. The van der Waals surface area contributed by atoms with Gasteiger partial charge in [-0.05, 0) is 20.8 Å². The quantitative estimate of drug-likeness (QED) is 0.174. The lowest BCUT2D eigenvalue weighted by Gasteiger charge is -2.45. The maximum absolute atomic E-state index is 12.7. The van der Waals surface area contributed by atoms with Gasteiger partial charge in [-0.3, -0.25) is 24.0 Å². The average molecular weight is 562 g/mol. The summed E-state index contributed by atoms with van der Waals surface area (Å²) in [5.41, 5.74) is 4.75. The lowest BCUT2D eigenvalue weighted by molar-refractivity contribution is -0.228. The molecule has 2 amide bonds. The highest BCUT2D eigenvalue weighted by Gasteiger charge is 2.51. The maximum Gasteiger partial charge on any atom is 0.516 e. The van der Waals surface area contributed by atoms with E-state index >= 15 is 0 Å². The summed E-state index contributed by atoms with van der Waals surface area (Å²) in [6.07, 6.45) is -7.48. The molecule has 0 bridgehead atoms. The molecule has 1 saturated heterocycles. The van der Waals surface area contributed by atoms with Crippen LogP contribution in [-0.4, -0.2) is 90.7 Å². The van der Waals surface area contributed by atoms with Crippen molar-refractivity contribution in [2.24, 2.45) is 5.73 Å². The highest BCUT2D eigenvalue weighted by Crippen LogP contribution is 2.26. The summed E-state index contributed by atoms with van der Waals surface area (Å²) in [6.45, 7) is 8.55. The molecule has 6 atom stereocenters. The first-order valence-electron chi connectivity index (χ1n) is 11.8. The summed E-state index contributed by atoms with van der Waals surface area (Å²) in [6, 6.07) is -2.91. The Labute approximate surface area is 224 Å². The van der Waals surface area contributed by atoms with Gasteiger partial charge in [-0.2, -0.15) is 0 Å². The number of carbonyl (C=O) groups excluding carboxylic acids is 7. The lowest BCUT2D eigenvalue weighted by atomic mass is 9.95. The molecule has 0 aliphatic carbocycles. The summed E-state index contributed by atoms with van der Waals surface area (Å²) < 4.78 is 30.7. The molecule has 1 aliphatic heterocycles. The van der Waals surface area contributed by atoms with Crippen LogP contribution in [0.3, 0.4) is 0 Å². The summed E-state index contributed by atoms with van der Waals surface area (Å²) in [5.74, 6) is -5.10. The molecule has 0 aromatic carbocycles. The van der Waals surface area contributed by atoms with Gasteiger partial charge in [0.05, 0.1) is 6.42 Å². The van der Waals surface area contributed by atoms with Gasteiger partial charge in [-0.15, -0.1) is 0 Å². The Morgan fingerprint density at radius 1 is 0.872 bits per heavy atom. The standard InChI is InChI=1S/C23H35N3O13/c1-10(27)25-17-19(36-13(4)30)18(35-12(3)29)15(9-34-11(2)28)37-20(17)26-16(31)8-14(24)21(32)38-22(33)39-23(5,6)7/h14-15,17-20H,8-9,24H2,1-7H3,(H,25,27)(H,26,31)/t14-,15+,17+,18+,19+,20+/m0/s1. The summed E-state index contributed by atoms with van der Waals surface area (Å²) >= 11 is 0. The minimum Gasteiger partial charge on any atom is -0.463 e. The van der Waals surface area contributed by atoms with Gasteiger partial charge < -0.3 is 44.8 Å². The molecule has 1 fully saturated rings. The number of rotatable bonds is 9. The van der Waals surface area contributed by atoms with Crippen molar-refractivity contribution in [3.8, 4) is 0 Å². The van der Waals surface area contributed by atoms with Crippen molar-refractivity contribution in [1.82, 2.24) is 10.6 Å². The molecule has 0 spiro atoms.